The van der Waals surface area contributed by atoms with Crippen LogP contribution in [0.25, 0.3) is 22.6 Å². The number of fused-ring (bicyclic) bond motifs is 1. The molecule has 0 aliphatic carbocycles. The van der Waals surface area contributed by atoms with Gasteiger partial charge in [0.05, 0.1) is 5.56 Å². The van der Waals surface area contributed by atoms with Crippen LogP contribution >= 0.6 is 11.6 Å². The Morgan fingerprint density at radius 3 is 2.61 bits per heavy atom. The molecule has 0 amide bonds. The molecular formula is C20H13ClF3N3O. The molecule has 2 aromatic heterocycles. The number of alkyl halides is 3. The van der Waals surface area contributed by atoms with Crippen molar-refractivity contribution in [3.05, 3.63) is 83.0 Å². The SMILES string of the molecule is FC(F)(F)c1cccc(-c2nc3ncccc3n2OCc2ccccc2Cl)c1. The van der Waals surface area contributed by atoms with Crippen molar-refractivity contribution < 1.29 is 18.0 Å². The van der Waals surface area contributed by atoms with E-state index < -0.39 is 11.7 Å². The number of rotatable bonds is 4. The second-order valence-corrected chi connectivity index (χ2v) is 6.43. The lowest BCUT2D eigenvalue weighted by molar-refractivity contribution is -0.137. The third-order valence-electron chi connectivity index (χ3n) is 4.14. The molecule has 142 valence electrons. The first kappa shape index (κ1) is 18.3. The molecule has 4 nitrogen and oxygen atoms in total. The van der Waals surface area contributed by atoms with Gasteiger partial charge in [-0.1, -0.05) is 41.9 Å². The Morgan fingerprint density at radius 1 is 1.00 bits per heavy atom. The fourth-order valence-electron chi connectivity index (χ4n) is 2.79. The quantitative estimate of drug-likeness (QED) is 0.458. The van der Waals surface area contributed by atoms with Crippen molar-refractivity contribution >= 4 is 22.8 Å². The van der Waals surface area contributed by atoms with Gasteiger partial charge in [0.25, 0.3) is 0 Å². The first-order valence-corrected chi connectivity index (χ1v) is 8.69. The number of hydrogen-bond acceptors (Lipinski definition) is 3. The van der Waals surface area contributed by atoms with Crippen LogP contribution in [0.3, 0.4) is 0 Å². The first-order chi connectivity index (χ1) is 13.4. The number of halogens is 4. The van der Waals surface area contributed by atoms with Crippen molar-refractivity contribution in [2.45, 2.75) is 12.8 Å². The molecule has 0 saturated heterocycles. The minimum Gasteiger partial charge on any atom is -0.407 e. The standard InChI is InChI=1S/C20H13ClF3N3O/c21-16-8-2-1-5-14(16)12-28-27-17-9-4-10-25-18(17)26-19(27)13-6-3-7-15(11-13)20(22,23)24/h1-11H,12H2. The van der Waals surface area contributed by atoms with Crippen LogP contribution in [0.1, 0.15) is 11.1 Å². The average Bonchev–Trinajstić information content (AvgIpc) is 3.05. The summed E-state index contributed by atoms with van der Waals surface area (Å²) in [5, 5.41) is 0.533. The molecule has 0 N–H and O–H groups in total. The van der Waals surface area contributed by atoms with Gasteiger partial charge in [0, 0.05) is 22.3 Å². The summed E-state index contributed by atoms with van der Waals surface area (Å²) in [6.07, 6.45) is -2.90. The van der Waals surface area contributed by atoms with Crippen LogP contribution in [0.4, 0.5) is 13.2 Å². The Hall–Kier alpha value is -3.06. The van der Waals surface area contributed by atoms with Gasteiger partial charge in [-0.3, -0.25) is 0 Å². The van der Waals surface area contributed by atoms with Gasteiger partial charge in [0.15, 0.2) is 11.5 Å². The molecule has 4 rings (SSSR count). The Kier molecular flexibility index (Phi) is 4.68. The lowest BCUT2D eigenvalue weighted by Gasteiger charge is -2.13. The number of aromatic nitrogens is 3. The van der Waals surface area contributed by atoms with Crippen molar-refractivity contribution in [3.8, 4) is 11.4 Å². The third-order valence-corrected chi connectivity index (χ3v) is 4.51. The number of imidazole rings is 1. The van der Waals surface area contributed by atoms with Gasteiger partial charge in [0.2, 0.25) is 0 Å². The molecule has 0 fully saturated rings. The number of benzene rings is 2. The molecule has 28 heavy (non-hydrogen) atoms. The number of pyridine rings is 1. The van der Waals surface area contributed by atoms with Gasteiger partial charge in [0.1, 0.15) is 12.1 Å². The van der Waals surface area contributed by atoms with Gasteiger partial charge >= 0.3 is 6.18 Å². The summed E-state index contributed by atoms with van der Waals surface area (Å²) in [4.78, 5) is 14.4. The zero-order valence-corrected chi connectivity index (χ0v) is 15.1. The maximum absolute atomic E-state index is 13.1. The van der Waals surface area contributed by atoms with E-state index in [1.165, 1.54) is 10.8 Å². The Balaban J connectivity index is 1.79. The minimum absolute atomic E-state index is 0.117. The maximum atomic E-state index is 13.1. The Morgan fingerprint density at radius 2 is 1.82 bits per heavy atom. The zero-order valence-electron chi connectivity index (χ0n) is 14.3. The molecule has 0 aliphatic rings. The smallest absolute Gasteiger partial charge is 0.407 e. The molecule has 2 aromatic carbocycles. The fraction of sp³-hybridized carbons (Fsp3) is 0.100. The first-order valence-electron chi connectivity index (χ1n) is 8.31. The van der Waals surface area contributed by atoms with Gasteiger partial charge in [-0.05, 0) is 30.3 Å². The zero-order chi connectivity index (χ0) is 19.7. The highest BCUT2D eigenvalue weighted by molar-refractivity contribution is 6.31. The normalized spacial score (nSPS) is 11.7. The molecule has 0 aliphatic heterocycles. The van der Waals surface area contributed by atoms with E-state index in [-0.39, 0.29) is 18.0 Å². The second-order valence-electron chi connectivity index (χ2n) is 6.02. The van der Waals surface area contributed by atoms with Crippen LogP contribution < -0.4 is 4.84 Å². The van der Waals surface area contributed by atoms with Gasteiger partial charge in [-0.15, -0.1) is 0 Å². The summed E-state index contributed by atoms with van der Waals surface area (Å²) in [5.74, 6) is 0.229. The Labute approximate surface area is 163 Å². The van der Waals surface area contributed by atoms with Crippen LogP contribution in [0.15, 0.2) is 66.9 Å². The monoisotopic (exact) mass is 403 g/mol. The van der Waals surface area contributed by atoms with Crippen LogP contribution in [0.2, 0.25) is 5.02 Å². The fourth-order valence-corrected chi connectivity index (χ4v) is 2.98. The minimum atomic E-state index is -4.45. The topological polar surface area (TPSA) is 39.9 Å². The van der Waals surface area contributed by atoms with E-state index in [1.807, 2.05) is 12.1 Å². The predicted octanol–water partition coefficient (Wildman–Crippen LogP) is 5.40. The maximum Gasteiger partial charge on any atom is 0.416 e. The molecule has 0 bridgehead atoms. The van der Waals surface area contributed by atoms with Crippen LogP contribution in [0, 0.1) is 0 Å². The van der Waals surface area contributed by atoms with E-state index >= 15 is 0 Å². The lowest BCUT2D eigenvalue weighted by Crippen LogP contribution is -2.13. The largest absolute Gasteiger partial charge is 0.416 e. The summed E-state index contributed by atoms with van der Waals surface area (Å²) in [6, 6.07) is 15.5. The summed E-state index contributed by atoms with van der Waals surface area (Å²) >= 11 is 6.17. The third kappa shape index (κ3) is 3.53. The molecule has 0 saturated carbocycles. The van der Waals surface area contributed by atoms with E-state index in [2.05, 4.69) is 9.97 Å². The van der Waals surface area contributed by atoms with Gasteiger partial charge in [-0.25, -0.2) is 9.97 Å². The van der Waals surface area contributed by atoms with Crippen molar-refractivity contribution in [3.63, 3.8) is 0 Å². The summed E-state index contributed by atoms with van der Waals surface area (Å²) < 4.78 is 40.7. The van der Waals surface area contributed by atoms with E-state index in [1.54, 1.807) is 36.5 Å². The molecule has 0 unspecified atom stereocenters. The number of nitrogens with zero attached hydrogens (tertiary/aromatic N) is 3. The van der Waals surface area contributed by atoms with Crippen LogP contribution in [-0.4, -0.2) is 14.7 Å². The highest BCUT2D eigenvalue weighted by Gasteiger charge is 2.31. The predicted molar refractivity (Wildman–Crippen MR) is 99.7 cm³/mol. The van der Waals surface area contributed by atoms with E-state index in [4.69, 9.17) is 16.4 Å². The molecule has 4 aromatic rings. The van der Waals surface area contributed by atoms with E-state index in [0.717, 1.165) is 17.7 Å². The molecule has 0 atom stereocenters. The molecule has 2 heterocycles. The molecular weight excluding hydrogens is 391 g/mol. The van der Waals surface area contributed by atoms with Crippen LogP contribution in [-0.2, 0) is 12.8 Å². The molecule has 0 spiro atoms. The second kappa shape index (κ2) is 7.16. The Bertz CT molecular complexity index is 1140. The van der Waals surface area contributed by atoms with E-state index in [9.17, 15) is 13.2 Å². The van der Waals surface area contributed by atoms with Crippen LogP contribution in [0.5, 0.6) is 0 Å². The van der Waals surface area contributed by atoms with Gasteiger partial charge in [-0.2, -0.15) is 17.9 Å². The summed E-state index contributed by atoms with van der Waals surface area (Å²) in [7, 11) is 0. The summed E-state index contributed by atoms with van der Waals surface area (Å²) in [6.45, 7) is 0.117. The highest BCUT2D eigenvalue weighted by atomic mass is 35.5. The lowest BCUT2D eigenvalue weighted by atomic mass is 10.1. The van der Waals surface area contributed by atoms with Crippen molar-refractivity contribution in [1.82, 2.24) is 14.7 Å². The highest BCUT2D eigenvalue weighted by Crippen LogP contribution is 2.32. The molecule has 0 radical (unpaired) electrons. The average molecular weight is 404 g/mol. The van der Waals surface area contributed by atoms with E-state index in [0.29, 0.717) is 16.2 Å². The van der Waals surface area contributed by atoms with Gasteiger partial charge < -0.3 is 4.84 Å². The van der Waals surface area contributed by atoms with Crippen molar-refractivity contribution in [2.75, 3.05) is 0 Å². The summed E-state index contributed by atoms with van der Waals surface area (Å²) in [5.41, 5.74) is 1.16. The van der Waals surface area contributed by atoms with Crippen molar-refractivity contribution in [1.29, 1.82) is 0 Å². The number of hydrogen-bond donors (Lipinski definition) is 0. The van der Waals surface area contributed by atoms with Crippen molar-refractivity contribution in [2.24, 2.45) is 0 Å². The molecule has 8 heteroatoms.